The first-order chi connectivity index (χ1) is 15.1. The van der Waals surface area contributed by atoms with Crippen LogP contribution >= 0.6 is 0 Å². The van der Waals surface area contributed by atoms with E-state index < -0.39 is 0 Å². The highest BCUT2D eigenvalue weighted by molar-refractivity contribution is 5.98. The lowest BCUT2D eigenvalue weighted by Crippen LogP contribution is -2.26. The molecule has 6 heteroatoms. The van der Waals surface area contributed by atoms with Crippen LogP contribution in [0.1, 0.15) is 34.5 Å². The number of benzene rings is 3. The molecule has 1 atom stereocenters. The molecular weight excluding hydrogens is 390 g/mol. The number of aromatic nitrogens is 2. The number of hydrogen-bond donors (Lipinski definition) is 1. The van der Waals surface area contributed by atoms with Crippen LogP contribution in [0.4, 0.5) is 0 Å². The van der Waals surface area contributed by atoms with Gasteiger partial charge in [-0.25, -0.2) is 0 Å². The van der Waals surface area contributed by atoms with Crippen molar-refractivity contribution in [3.63, 3.8) is 0 Å². The summed E-state index contributed by atoms with van der Waals surface area (Å²) in [7, 11) is 3.28. The van der Waals surface area contributed by atoms with Gasteiger partial charge in [-0.15, -0.1) is 0 Å². The third kappa shape index (κ3) is 4.53. The molecule has 0 spiro atoms. The van der Waals surface area contributed by atoms with Crippen molar-refractivity contribution < 1.29 is 14.3 Å². The van der Waals surface area contributed by atoms with E-state index in [9.17, 15) is 4.79 Å². The van der Waals surface area contributed by atoms with Gasteiger partial charge in [-0.1, -0.05) is 30.3 Å². The Morgan fingerprint density at radius 1 is 1.00 bits per heavy atom. The van der Waals surface area contributed by atoms with Crippen LogP contribution in [0.5, 0.6) is 11.5 Å². The van der Waals surface area contributed by atoms with Crippen LogP contribution in [-0.4, -0.2) is 29.9 Å². The second-order valence-electron chi connectivity index (χ2n) is 7.40. The number of nitrogens with one attached hydrogen (secondary N) is 1. The Bertz CT molecular complexity index is 1220. The Labute approximate surface area is 181 Å². The third-order valence-corrected chi connectivity index (χ3v) is 5.31. The van der Waals surface area contributed by atoms with Gasteiger partial charge in [0.2, 0.25) is 0 Å². The van der Waals surface area contributed by atoms with Crippen LogP contribution < -0.4 is 14.8 Å². The smallest absolute Gasteiger partial charge is 0.251 e. The molecule has 31 heavy (non-hydrogen) atoms. The fourth-order valence-electron chi connectivity index (χ4n) is 3.56. The van der Waals surface area contributed by atoms with Gasteiger partial charge < -0.3 is 14.8 Å². The maximum Gasteiger partial charge on any atom is 0.251 e. The van der Waals surface area contributed by atoms with E-state index in [4.69, 9.17) is 9.47 Å². The second-order valence-corrected chi connectivity index (χ2v) is 7.40. The van der Waals surface area contributed by atoms with Gasteiger partial charge in [0.15, 0.2) is 0 Å². The number of carbonyl (C=O) groups excluding carboxylic acids is 1. The van der Waals surface area contributed by atoms with Gasteiger partial charge in [-0.2, -0.15) is 5.10 Å². The molecule has 158 valence electrons. The molecule has 1 heterocycles. The quantitative estimate of drug-likeness (QED) is 0.479. The lowest BCUT2D eigenvalue weighted by atomic mass is 10.1. The summed E-state index contributed by atoms with van der Waals surface area (Å²) < 4.78 is 12.5. The first-order valence-electron chi connectivity index (χ1n) is 10.1. The summed E-state index contributed by atoms with van der Waals surface area (Å²) >= 11 is 0. The zero-order chi connectivity index (χ0) is 21.8. The topological polar surface area (TPSA) is 65.4 Å². The Balaban J connectivity index is 1.55. The van der Waals surface area contributed by atoms with Crippen molar-refractivity contribution in [2.45, 2.75) is 19.5 Å². The van der Waals surface area contributed by atoms with E-state index in [2.05, 4.69) is 10.4 Å². The molecule has 4 rings (SSSR count). The molecule has 0 aliphatic carbocycles. The fourth-order valence-corrected chi connectivity index (χ4v) is 3.56. The first-order valence-corrected chi connectivity index (χ1v) is 10.1. The minimum atomic E-state index is -0.153. The van der Waals surface area contributed by atoms with Crippen LogP contribution in [0.15, 0.2) is 72.9 Å². The number of carbonyl (C=O) groups is 1. The molecule has 0 radical (unpaired) electrons. The van der Waals surface area contributed by atoms with Crippen LogP contribution in [0, 0.1) is 0 Å². The highest BCUT2D eigenvalue weighted by Crippen LogP contribution is 2.21. The number of hydrogen-bond acceptors (Lipinski definition) is 4. The minimum Gasteiger partial charge on any atom is -0.497 e. The number of amides is 1. The summed E-state index contributed by atoms with van der Waals surface area (Å²) in [6.45, 7) is 2.55. The van der Waals surface area contributed by atoms with Gasteiger partial charge in [0.05, 0.1) is 38.5 Å². The van der Waals surface area contributed by atoms with Crippen molar-refractivity contribution in [2.24, 2.45) is 0 Å². The second kappa shape index (κ2) is 8.92. The zero-order valence-corrected chi connectivity index (χ0v) is 17.8. The highest BCUT2D eigenvalue weighted by Gasteiger charge is 2.14. The third-order valence-electron chi connectivity index (χ3n) is 5.31. The molecule has 0 aliphatic heterocycles. The molecule has 0 fully saturated rings. The molecule has 1 N–H and O–H groups in total. The van der Waals surface area contributed by atoms with E-state index >= 15 is 0 Å². The number of rotatable bonds is 7. The lowest BCUT2D eigenvalue weighted by Gasteiger charge is -2.15. The monoisotopic (exact) mass is 415 g/mol. The number of nitrogens with zero attached hydrogens (tertiary/aromatic N) is 2. The Kier molecular flexibility index (Phi) is 5.89. The zero-order valence-electron chi connectivity index (χ0n) is 17.8. The van der Waals surface area contributed by atoms with Crippen molar-refractivity contribution in [3.8, 4) is 11.5 Å². The standard InChI is InChI=1S/C25H25N3O3/c1-17(19-7-5-9-23(13-19)31-3)27-25(29)20-10-11-21-15-26-28(24(21)14-20)16-18-6-4-8-22(12-18)30-2/h4-15,17H,16H2,1-3H3,(H,27,29)/t17-/m0/s1. The fraction of sp³-hybridized carbons (Fsp3) is 0.200. The summed E-state index contributed by atoms with van der Waals surface area (Å²) in [4.78, 5) is 12.9. The lowest BCUT2D eigenvalue weighted by molar-refractivity contribution is 0.0940. The molecule has 1 aromatic heterocycles. The Morgan fingerprint density at radius 3 is 2.52 bits per heavy atom. The molecular formula is C25H25N3O3. The number of methoxy groups -OCH3 is 2. The molecule has 3 aromatic carbocycles. The van der Waals surface area contributed by atoms with Crippen LogP contribution in [0.2, 0.25) is 0 Å². The van der Waals surface area contributed by atoms with E-state index in [1.807, 2.05) is 84.5 Å². The van der Waals surface area contributed by atoms with E-state index in [1.54, 1.807) is 14.2 Å². The van der Waals surface area contributed by atoms with Gasteiger partial charge in [0.25, 0.3) is 5.91 Å². The molecule has 0 saturated heterocycles. The molecule has 4 aromatic rings. The largest absolute Gasteiger partial charge is 0.497 e. The predicted molar refractivity (Wildman–Crippen MR) is 121 cm³/mol. The van der Waals surface area contributed by atoms with Crippen LogP contribution in [0.25, 0.3) is 10.9 Å². The van der Waals surface area contributed by atoms with Gasteiger partial charge >= 0.3 is 0 Å². The van der Waals surface area contributed by atoms with Crippen molar-refractivity contribution in [3.05, 3.63) is 89.6 Å². The van der Waals surface area contributed by atoms with E-state index in [0.29, 0.717) is 12.1 Å². The molecule has 0 unspecified atom stereocenters. The van der Waals surface area contributed by atoms with Gasteiger partial charge in [-0.05, 0) is 54.4 Å². The number of fused-ring (bicyclic) bond motifs is 1. The van der Waals surface area contributed by atoms with E-state index in [-0.39, 0.29) is 11.9 Å². The molecule has 1 amide bonds. The molecule has 0 saturated carbocycles. The molecule has 0 bridgehead atoms. The highest BCUT2D eigenvalue weighted by atomic mass is 16.5. The first kappa shape index (κ1) is 20.5. The average Bonchev–Trinajstić information content (AvgIpc) is 3.21. The summed E-state index contributed by atoms with van der Waals surface area (Å²) in [6.07, 6.45) is 1.82. The summed E-state index contributed by atoms with van der Waals surface area (Å²) in [5, 5.41) is 8.55. The minimum absolute atomic E-state index is 0.133. The van der Waals surface area contributed by atoms with Crippen molar-refractivity contribution in [1.29, 1.82) is 0 Å². The Morgan fingerprint density at radius 2 is 1.74 bits per heavy atom. The summed E-state index contributed by atoms with van der Waals surface area (Å²) in [5.41, 5.74) is 3.56. The van der Waals surface area contributed by atoms with Gasteiger partial charge in [0.1, 0.15) is 11.5 Å². The maximum atomic E-state index is 12.9. The average molecular weight is 415 g/mol. The van der Waals surface area contributed by atoms with E-state index in [1.165, 1.54) is 0 Å². The van der Waals surface area contributed by atoms with Gasteiger partial charge in [0, 0.05) is 10.9 Å². The Hall–Kier alpha value is -3.80. The van der Waals surface area contributed by atoms with Crippen LogP contribution in [0.3, 0.4) is 0 Å². The normalized spacial score (nSPS) is 11.8. The van der Waals surface area contributed by atoms with Crippen molar-refractivity contribution in [2.75, 3.05) is 14.2 Å². The van der Waals surface area contributed by atoms with Crippen LogP contribution in [-0.2, 0) is 6.54 Å². The maximum absolute atomic E-state index is 12.9. The molecule has 0 aliphatic rings. The molecule has 6 nitrogen and oxygen atoms in total. The summed E-state index contributed by atoms with van der Waals surface area (Å²) in [6, 6.07) is 21.1. The van der Waals surface area contributed by atoms with E-state index in [0.717, 1.165) is 33.5 Å². The summed E-state index contributed by atoms with van der Waals surface area (Å²) in [5.74, 6) is 1.44. The van der Waals surface area contributed by atoms with Gasteiger partial charge in [-0.3, -0.25) is 9.48 Å². The SMILES string of the molecule is COc1cccc(Cn2ncc3ccc(C(=O)N[C@@H](C)c4cccc(OC)c4)cc32)c1. The van der Waals surface area contributed by atoms with Crippen molar-refractivity contribution >= 4 is 16.8 Å². The number of ether oxygens (including phenoxy) is 2. The predicted octanol–water partition coefficient (Wildman–Crippen LogP) is 4.59. The van der Waals surface area contributed by atoms with Crippen molar-refractivity contribution in [1.82, 2.24) is 15.1 Å².